The zero-order valence-corrected chi connectivity index (χ0v) is 17.8. The Kier molecular flexibility index (Phi) is 7.62. The lowest BCUT2D eigenvalue weighted by atomic mass is 10.3. The number of imidazole rings is 1. The molecule has 0 atom stereocenters. The first-order valence-corrected chi connectivity index (χ1v) is 10.9. The maximum atomic E-state index is 12.3. The fourth-order valence-corrected chi connectivity index (χ4v) is 4.22. The zero-order chi connectivity index (χ0) is 20.6. The first-order valence-electron chi connectivity index (χ1n) is 9.07. The third-order valence-corrected chi connectivity index (χ3v) is 5.68. The molecule has 0 saturated carbocycles. The number of benzene rings is 1. The Morgan fingerprint density at radius 3 is 2.90 bits per heavy atom. The molecule has 3 aromatic rings. The average Bonchev–Trinajstić information content (AvgIpc) is 3.28. The summed E-state index contributed by atoms with van der Waals surface area (Å²) in [4.78, 5) is 32.7. The largest absolute Gasteiger partial charge is 0.466 e. The van der Waals surface area contributed by atoms with Gasteiger partial charge in [-0.1, -0.05) is 23.9 Å². The van der Waals surface area contributed by atoms with Crippen LogP contribution in [0.3, 0.4) is 0 Å². The molecule has 0 aliphatic rings. The predicted octanol–water partition coefficient (Wildman–Crippen LogP) is 2.98. The number of carbonyl (C=O) groups is 2. The van der Waals surface area contributed by atoms with E-state index < -0.39 is 0 Å². The monoisotopic (exact) mass is 434 g/mol. The van der Waals surface area contributed by atoms with Crippen molar-refractivity contribution in [1.29, 1.82) is 0 Å². The summed E-state index contributed by atoms with van der Waals surface area (Å²) >= 11 is 2.64. The molecule has 2 heterocycles. The van der Waals surface area contributed by atoms with E-state index in [-0.39, 0.29) is 24.1 Å². The van der Waals surface area contributed by atoms with Crippen molar-refractivity contribution in [1.82, 2.24) is 14.5 Å². The summed E-state index contributed by atoms with van der Waals surface area (Å²) in [6.07, 6.45) is 0.0957. The molecule has 0 unspecified atom stereocenters. The van der Waals surface area contributed by atoms with Gasteiger partial charge in [-0.2, -0.15) is 0 Å². The number of hydrogen-bond acceptors (Lipinski definition) is 8. The lowest BCUT2D eigenvalue weighted by Crippen LogP contribution is -2.15. The number of ether oxygens (including phenoxy) is 2. The van der Waals surface area contributed by atoms with Crippen molar-refractivity contribution in [3.8, 4) is 0 Å². The van der Waals surface area contributed by atoms with Gasteiger partial charge in [0.25, 0.3) is 0 Å². The van der Waals surface area contributed by atoms with Crippen molar-refractivity contribution in [3.63, 3.8) is 0 Å². The van der Waals surface area contributed by atoms with Gasteiger partial charge in [0.05, 0.1) is 42.1 Å². The van der Waals surface area contributed by atoms with Crippen LogP contribution in [0.2, 0.25) is 0 Å². The molecule has 154 valence electrons. The van der Waals surface area contributed by atoms with Gasteiger partial charge in [0.15, 0.2) is 10.3 Å². The Labute approximate surface area is 176 Å². The molecule has 0 saturated heterocycles. The van der Waals surface area contributed by atoms with Crippen molar-refractivity contribution in [2.24, 2.45) is 0 Å². The van der Waals surface area contributed by atoms with Crippen molar-refractivity contribution in [2.75, 3.05) is 31.4 Å². The van der Waals surface area contributed by atoms with Gasteiger partial charge in [0.2, 0.25) is 5.91 Å². The van der Waals surface area contributed by atoms with Gasteiger partial charge in [0.1, 0.15) is 0 Å². The number of nitrogens with zero attached hydrogens (tertiary/aromatic N) is 3. The normalized spacial score (nSPS) is 11.0. The van der Waals surface area contributed by atoms with E-state index in [1.807, 2.05) is 24.3 Å². The lowest BCUT2D eigenvalue weighted by Gasteiger charge is -2.08. The maximum Gasteiger partial charge on any atom is 0.311 e. The minimum absolute atomic E-state index is 0.0957. The molecular formula is C19H22N4O4S2. The zero-order valence-electron chi connectivity index (χ0n) is 16.2. The highest BCUT2D eigenvalue weighted by molar-refractivity contribution is 7.99. The lowest BCUT2D eigenvalue weighted by molar-refractivity contribution is -0.142. The molecule has 0 aliphatic heterocycles. The molecule has 0 spiro atoms. The summed E-state index contributed by atoms with van der Waals surface area (Å²) in [7, 11) is 1.66. The predicted molar refractivity (Wildman–Crippen MR) is 113 cm³/mol. The number of thiazole rings is 1. The molecule has 2 aromatic heterocycles. The smallest absolute Gasteiger partial charge is 0.311 e. The highest BCUT2D eigenvalue weighted by atomic mass is 32.2. The average molecular weight is 435 g/mol. The maximum absolute atomic E-state index is 12.3. The van der Waals surface area contributed by atoms with Crippen LogP contribution in [0.4, 0.5) is 5.13 Å². The molecule has 0 aliphatic carbocycles. The molecule has 8 nitrogen and oxygen atoms in total. The minimum Gasteiger partial charge on any atom is -0.466 e. The number of rotatable bonds is 10. The molecule has 0 bridgehead atoms. The van der Waals surface area contributed by atoms with E-state index >= 15 is 0 Å². The van der Waals surface area contributed by atoms with Crippen LogP contribution in [0.5, 0.6) is 0 Å². The highest BCUT2D eigenvalue weighted by Gasteiger charge is 2.14. The number of para-hydroxylation sites is 2. The summed E-state index contributed by atoms with van der Waals surface area (Å²) in [6.45, 7) is 3.30. The van der Waals surface area contributed by atoms with Gasteiger partial charge in [-0.05, 0) is 19.1 Å². The minimum atomic E-state index is -0.332. The van der Waals surface area contributed by atoms with Crippen LogP contribution in [-0.4, -0.2) is 52.5 Å². The number of aromatic nitrogens is 3. The van der Waals surface area contributed by atoms with Crippen molar-refractivity contribution < 1.29 is 19.1 Å². The molecule has 0 fully saturated rings. The molecule has 0 radical (unpaired) electrons. The first kappa shape index (κ1) is 21.3. The Morgan fingerprint density at radius 1 is 1.28 bits per heavy atom. The molecule has 3 rings (SSSR count). The summed E-state index contributed by atoms with van der Waals surface area (Å²) < 4.78 is 12.1. The summed E-state index contributed by atoms with van der Waals surface area (Å²) in [6, 6.07) is 7.85. The first-order chi connectivity index (χ1) is 14.1. The van der Waals surface area contributed by atoms with Crippen LogP contribution in [0.1, 0.15) is 12.6 Å². The van der Waals surface area contributed by atoms with E-state index in [2.05, 4.69) is 19.9 Å². The van der Waals surface area contributed by atoms with E-state index in [0.29, 0.717) is 30.6 Å². The third kappa shape index (κ3) is 5.78. The second-order valence-electron chi connectivity index (χ2n) is 5.99. The molecule has 1 amide bonds. The fraction of sp³-hybridized carbons (Fsp3) is 0.368. The van der Waals surface area contributed by atoms with Gasteiger partial charge in [0, 0.05) is 19.0 Å². The molecular weight excluding hydrogens is 412 g/mol. The number of esters is 1. The number of hydrogen-bond donors (Lipinski definition) is 1. The summed E-state index contributed by atoms with van der Waals surface area (Å²) in [5, 5.41) is 5.73. The van der Waals surface area contributed by atoms with Gasteiger partial charge >= 0.3 is 5.97 Å². The van der Waals surface area contributed by atoms with Gasteiger partial charge in [-0.25, -0.2) is 9.97 Å². The standard InChI is InChI=1S/C19H22N4O4S2/c1-3-27-17(25)10-13-11-28-18(20-13)22-16(24)12-29-19-21-14-6-4-5-7-15(14)23(19)8-9-26-2/h4-7,11H,3,8-10,12H2,1-2H3,(H,20,22,24). The Bertz CT molecular complexity index is 986. The molecule has 29 heavy (non-hydrogen) atoms. The van der Waals surface area contributed by atoms with Crippen molar-refractivity contribution >= 4 is 51.1 Å². The molecule has 1 N–H and O–H groups in total. The van der Waals surface area contributed by atoms with E-state index in [4.69, 9.17) is 9.47 Å². The van der Waals surface area contributed by atoms with E-state index in [9.17, 15) is 9.59 Å². The SMILES string of the molecule is CCOC(=O)Cc1csc(NC(=O)CSc2nc3ccccc3n2CCOC)n1. The van der Waals surface area contributed by atoms with Gasteiger partial charge < -0.3 is 19.4 Å². The number of amides is 1. The van der Waals surface area contributed by atoms with Crippen molar-refractivity contribution in [2.45, 2.75) is 25.0 Å². The number of fused-ring (bicyclic) bond motifs is 1. The van der Waals surface area contributed by atoms with E-state index in [1.54, 1.807) is 19.4 Å². The third-order valence-electron chi connectivity index (χ3n) is 3.90. The fourth-order valence-electron chi connectivity index (χ4n) is 2.65. The van der Waals surface area contributed by atoms with Crippen LogP contribution < -0.4 is 5.32 Å². The topological polar surface area (TPSA) is 95.3 Å². The number of anilines is 1. The van der Waals surface area contributed by atoms with Crippen LogP contribution in [-0.2, 0) is 32.0 Å². The van der Waals surface area contributed by atoms with Gasteiger partial charge in [-0.3, -0.25) is 9.59 Å². The van der Waals surface area contributed by atoms with E-state index in [0.717, 1.165) is 16.2 Å². The molecule has 1 aromatic carbocycles. The Balaban J connectivity index is 1.59. The number of methoxy groups -OCH3 is 1. The second-order valence-corrected chi connectivity index (χ2v) is 7.79. The van der Waals surface area contributed by atoms with Crippen molar-refractivity contribution in [3.05, 3.63) is 35.3 Å². The quantitative estimate of drug-likeness (QED) is 0.387. The molecule has 10 heteroatoms. The van der Waals surface area contributed by atoms with Crippen LogP contribution in [0.15, 0.2) is 34.8 Å². The summed E-state index contributed by atoms with van der Waals surface area (Å²) in [5.74, 6) is -0.318. The highest BCUT2D eigenvalue weighted by Crippen LogP contribution is 2.24. The van der Waals surface area contributed by atoms with Crippen LogP contribution >= 0.6 is 23.1 Å². The number of thioether (sulfide) groups is 1. The summed E-state index contributed by atoms with van der Waals surface area (Å²) in [5.41, 5.74) is 2.48. The van der Waals surface area contributed by atoms with Crippen LogP contribution in [0.25, 0.3) is 11.0 Å². The second kappa shape index (κ2) is 10.4. The van der Waals surface area contributed by atoms with Gasteiger partial charge in [-0.15, -0.1) is 11.3 Å². The number of nitrogens with one attached hydrogen (secondary N) is 1. The van der Waals surface area contributed by atoms with Crippen LogP contribution in [0, 0.1) is 0 Å². The Morgan fingerprint density at radius 2 is 2.10 bits per heavy atom. The van der Waals surface area contributed by atoms with E-state index in [1.165, 1.54) is 23.1 Å². The Hall–Kier alpha value is -2.43. The number of carbonyl (C=O) groups excluding carboxylic acids is 2.